The molecular formula is C23H25N5O2. The van der Waals surface area contributed by atoms with Crippen molar-refractivity contribution in [2.45, 2.75) is 38.4 Å². The SMILES string of the molecule is CNC(C)C(=O)N[C@H]1CCc2ccccc2N(Cc2ccnc3ncccc23)C1=O. The number of hydrogen-bond acceptors (Lipinski definition) is 5. The van der Waals surface area contributed by atoms with Gasteiger partial charge in [0.2, 0.25) is 11.8 Å². The van der Waals surface area contributed by atoms with E-state index in [1.165, 1.54) is 0 Å². The third-order valence-corrected chi connectivity index (χ3v) is 5.63. The molecule has 2 amide bonds. The Bertz CT molecular complexity index is 1080. The molecule has 30 heavy (non-hydrogen) atoms. The molecule has 0 saturated heterocycles. The number of hydrogen-bond donors (Lipinski definition) is 2. The van der Waals surface area contributed by atoms with Crippen molar-refractivity contribution in [3.8, 4) is 0 Å². The van der Waals surface area contributed by atoms with Crippen LogP contribution in [0.1, 0.15) is 24.5 Å². The van der Waals surface area contributed by atoms with Crippen LogP contribution < -0.4 is 15.5 Å². The van der Waals surface area contributed by atoms with Crippen molar-refractivity contribution < 1.29 is 9.59 Å². The molecule has 1 unspecified atom stereocenters. The van der Waals surface area contributed by atoms with Gasteiger partial charge in [-0.25, -0.2) is 9.97 Å². The number of benzene rings is 1. The van der Waals surface area contributed by atoms with Crippen LogP contribution in [-0.4, -0.2) is 40.9 Å². The van der Waals surface area contributed by atoms with E-state index in [4.69, 9.17) is 0 Å². The Morgan fingerprint density at radius 2 is 1.97 bits per heavy atom. The van der Waals surface area contributed by atoms with Crippen molar-refractivity contribution in [1.82, 2.24) is 20.6 Å². The van der Waals surface area contributed by atoms with Gasteiger partial charge in [-0.3, -0.25) is 9.59 Å². The molecule has 0 radical (unpaired) electrons. The van der Waals surface area contributed by atoms with Crippen LogP contribution in [0.15, 0.2) is 54.9 Å². The monoisotopic (exact) mass is 403 g/mol. The Kier molecular flexibility index (Phi) is 5.72. The predicted octanol–water partition coefficient (Wildman–Crippen LogP) is 2.20. The fourth-order valence-electron chi connectivity index (χ4n) is 3.79. The van der Waals surface area contributed by atoms with Crippen molar-refractivity contribution in [2.24, 2.45) is 0 Å². The third kappa shape index (κ3) is 3.89. The highest BCUT2D eigenvalue weighted by molar-refractivity contribution is 6.01. The first-order valence-electron chi connectivity index (χ1n) is 10.1. The Balaban J connectivity index is 1.70. The molecule has 3 aromatic rings. The highest BCUT2D eigenvalue weighted by Crippen LogP contribution is 2.29. The minimum absolute atomic E-state index is 0.106. The Morgan fingerprint density at radius 1 is 1.17 bits per heavy atom. The molecule has 1 aromatic carbocycles. The standard InChI is InChI=1S/C23H25N5O2/c1-15(24-2)22(29)27-19-10-9-16-6-3-4-8-20(16)28(23(19)30)14-17-11-13-26-21-18(17)7-5-12-25-21/h3-8,11-13,15,19,24H,9-10,14H2,1-2H3,(H,27,29)/t15?,19-/m0/s1. The average molecular weight is 403 g/mol. The topological polar surface area (TPSA) is 87.2 Å². The molecule has 154 valence electrons. The minimum Gasteiger partial charge on any atom is -0.343 e. The summed E-state index contributed by atoms with van der Waals surface area (Å²) in [4.78, 5) is 36.4. The lowest BCUT2D eigenvalue weighted by Gasteiger charge is -2.27. The summed E-state index contributed by atoms with van der Waals surface area (Å²) in [6, 6.07) is 12.7. The highest BCUT2D eigenvalue weighted by Gasteiger charge is 2.32. The average Bonchev–Trinajstić information content (AvgIpc) is 2.91. The zero-order valence-corrected chi connectivity index (χ0v) is 17.1. The van der Waals surface area contributed by atoms with Crippen molar-refractivity contribution >= 4 is 28.5 Å². The largest absolute Gasteiger partial charge is 0.343 e. The molecule has 0 fully saturated rings. The van der Waals surface area contributed by atoms with Crippen LogP contribution in [0.25, 0.3) is 11.0 Å². The Hall–Kier alpha value is -3.32. The number of aryl methyl sites for hydroxylation is 1. The number of aromatic nitrogens is 2. The second-order valence-corrected chi connectivity index (χ2v) is 7.51. The fraction of sp³-hybridized carbons (Fsp3) is 0.304. The summed E-state index contributed by atoms with van der Waals surface area (Å²) in [6.07, 6.45) is 4.70. The Morgan fingerprint density at radius 3 is 2.80 bits per heavy atom. The maximum absolute atomic E-state index is 13.6. The first kappa shape index (κ1) is 20.0. The van der Waals surface area contributed by atoms with Gasteiger partial charge in [0, 0.05) is 23.5 Å². The van der Waals surface area contributed by atoms with E-state index in [2.05, 4.69) is 20.6 Å². The van der Waals surface area contributed by atoms with Crippen LogP contribution in [-0.2, 0) is 22.6 Å². The molecule has 0 aliphatic carbocycles. The minimum atomic E-state index is -0.577. The maximum Gasteiger partial charge on any atom is 0.249 e. The molecule has 0 spiro atoms. The number of nitrogens with one attached hydrogen (secondary N) is 2. The summed E-state index contributed by atoms with van der Waals surface area (Å²) < 4.78 is 0. The summed E-state index contributed by atoms with van der Waals surface area (Å²) in [5, 5.41) is 6.77. The first-order valence-corrected chi connectivity index (χ1v) is 10.1. The van der Waals surface area contributed by atoms with Gasteiger partial charge in [-0.05, 0) is 62.2 Å². The van der Waals surface area contributed by atoms with E-state index < -0.39 is 6.04 Å². The first-order chi connectivity index (χ1) is 14.6. The normalized spacial score (nSPS) is 17.3. The van der Waals surface area contributed by atoms with Gasteiger partial charge in [0.05, 0.1) is 12.6 Å². The van der Waals surface area contributed by atoms with Gasteiger partial charge in [0.15, 0.2) is 5.65 Å². The lowest BCUT2D eigenvalue weighted by Crippen LogP contribution is -2.52. The predicted molar refractivity (Wildman–Crippen MR) is 116 cm³/mol. The van der Waals surface area contributed by atoms with E-state index in [-0.39, 0.29) is 17.9 Å². The molecule has 1 aliphatic rings. The van der Waals surface area contributed by atoms with E-state index in [1.807, 2.05) is 42.5 Å². The highest BCUT2D eigenvalue weighted by atomic mass is 16.2. The number of likely N-dealkylation sites (N-methyl/N-ethyl adjacent to an activating group) is 1. The number of carbonyl (C=O) groups is 2. The van der Waals surface area contributed by atoms with Crippen molar-refractivity contribution in [1.29, 1.82) is 0 Å². The second-order valence-electron chi connectivity index (χ2n) is 7.51. The van der Waals surface area contributed by atoms with Crippen LogP contribution in [0, 0.1) is 0 Å². The van der Waals surface area contributed by atoms with Crippen molar-refractivity contribution in [2.75, 3.05) is 11.9 Å². The molecular weight excluding hydrogens is 378 g/mol. The molecule has 0 bridgehead atoms. The number of amides is 2. The lowest BCUT2D eigenvalue weighted by atomic mass is 10.1. The summed E-state index contributed by atoms with van der Waals surface area (Å²) >= 11 is 0. The van der Waals surface area contributed by atoms with Crippen LogP contribution in [0.2, 0.25) is 0 Å². The molecule has 2 N–H and O–H groups in total. The van der Waals surface area contributed by atoms with Crippen LogP contribution in [0.5, 0.6) is 0 Å². The number of anilines is 1. The number of para-hydroxylation sites is 1. The quantitative estimate of drug-likeness (QED) is 0.682. The van der Waals surface area contributed by atoms with Crippen LogP contribution in [0.4, 0.5) is 5.69 Å². The number of nitrogens with zero attached hydrogens (tertiary/aromatic N) is 3. The summed E-state index contributed by atoms with van der Waals surface area (Å²) in [6.45, 7) is 2.16. The molecule has 3 heterocycles. The lowest BCUT2D eigenvalue weighted by molar-refractivity contribution is -0.128. The van der Waals surface area contributed by atoms with Gasteiger partial charge in [-0.15, -0.1) is 0 Å². The number of fused-ring (bicyclic) bond motifs is 2. The van der Waals surface area contributed by atoms with Crippen molar-refractivity contribution in [3.05, 3.63) is 66.0 Å². The van der Waals surface area contributed by atoms with E-state index in [0.717, 1.165) is 28.6 Å². The van der Waals surface area contributed by atoms with Crippen LogP contribution in [0.3, 0.4) is 0 Å². The van der Waals surface area contributed by atoms with Gasteiger partial charge < -0.3 is 15.5 Å². The smallest absolute Gasteiger partial charge is 0.249 e. The van der Waals surface area contributed by atoms with E-state index in [1.54, 1.807) is 31.3 Å². The molecule has 0 saturated carbocycles. The van der Waals surface area contributed by atoms with Crippen LogP contribution >= 0.6 is 0 Å². The van der Waals surface area contributed by atoms with Gasteiger partial charge in [0.25, 0.3) is 0 Å². The molecule has 7 heteroatoms. The number of rotatable bonds is 5. The zero-order valence-electron chi connectivity index (χ0n) is 17.1. The molecule has 4 rings (SSSR count). The van der Waals surface area contributed by atoms with E-state index in [9.17, 15) is 9.59 Å². The molecule has 1 aliphatic heterocycles. The van der Waals surface area contributed by atoms with Gasteiger partial charge in [-0.1, -0.05) is 18.2 Å². The molecule has 7 nitrogen and oxygen atoms in total. The Labute approximate surface area is 175 Å². The zero-order chi connectivity index (χ0) is 21.1. The van der Waals surface area contributed by atoms with Gasteiger partial charge in [-0.2, -0.15) is 0 Å². The molecule has 2 atom stereocenters. The van der Waals surface area contributed by atoms with Gasteiger partial charge >= 0.3 is 0 Å². The summed E-state index contributed by atoms with van der Waals surface area (Å²) in [7, 11) is 1.73. The van der Waals surface area contributed by atoms with E-state index in [0.29, 0.717) is 18.6 Å². The summed E-state index contributed by atoms with van der Waals surface area (Å²) in [5.41, 5.74) is 3.60. The second kappa shape index (κ2) is 8.59. The number of carbonyl (C=O) groups excluding carboxylic acids is 2. The van der Waals surface area contributed by atoms with Crippen molar-refractivity contribution in [3.63, 3.8) is 0 Å². The van der Waals surface area contributed by atoms with Gasteiger partial charge in [0.1, 0.15) is 6.04 Å². The maximum atomic E-state index is 13.6. The summed E-state index contributed by atoms with van der Waals surface area (Å²) in [5.74, 6) is -0.286. The third-order valence-electron chi connectivity index (χ3n) is 5.63. The fourth-order valence-corrected chi connectivity index (χ4v) is 3.79. The number of pyridine rings is 2. The van der Waals surface area contributed by atoms with E-state index >= 15 is 0 Å². The molecule has 2 aromatic heterocycles.